The molecule has 2 rings (SSSR count). The summed E-state index contributed by atoms with van der Waals surface area (Å²) in [6.07, 6.45) is 4.30. The Hall–Kier alpha value is -0.640. The second kappa shape index (κ2) is 6.34. The van der Waals surface area contributed by atoms with Gasteiger partial charge in [0, 0.05) is 11.1 Å². The third-order valence-corrected chi connectivity index (χ3v) is 3.22. The van der Waals surface area contributed by atoms with Gasteiger partial charge < -0.3 is 16.2 Å². The molecule has 1 saturated carbocycles. The number of nitrogen functional groups attached to an aromatic ring is 1. The molecule has 0 saturated heterocycles. The maximum absolute atomic E-state index is 5.85. The van der Waals surface area contributed by atoms with Crippen molar-refractivity contribution in [3.05, 3.63) is 23.2 Å². The van der Waals surface area contributed by atoms with Gasteiger partial charge in [0.25, 0.3) is 0 Å². The van der Waals surface area contributed by atoms with E-state index < -0.39 is 0 Å². The predicted octanol–water partition coefficient (Wildman–Crippen LogP) is 2.99. The standard InChI is InChI=1S/C12H17ClN2O.ClH/c13-8-1-6-12(11(15)7-8)16-10-4-2-9(14)3-5-10;/h1,6-7,9-10H,2-5,14-15H2;1H. The van der Waals surface area contributed by atoms with Gasteiger partial charge in [0.1, 0.15) is 5.75 Å². The van der Waals surface area contributed by atoms with Crippen molar-refractivity contribution in [3.63, 3.8) is 0 Å². The van der Waals surface area contributed by atoms with Gasteiger partial charge in [0.2, 0.25) is 0 Å². The van der Waals surface area contributed by atoms with E-state index in [-0.39, 0.29) is 18.5 Å². The molecule has 0 atom stereocenters. The number of rotatable bonds is 2. The first-order valence-electron chi connectivity index (χ1n) is 5.62. The second-order valence-electron chi connectivity index (χ2n) is 4.34. The van der Waals surface area contributed by atoms with E-state index in [4.69, 9.17) is 27.8 Å². The van der Waals surface area contributed by atoms with Gasteiger partial charge in [-0.1, -0.05) is 11.6 Å². The SMILES string of the molecule is Cl.Nc1cc(Cl)ccc1OC1CCC(N)CC1. The molecule has 0 aliphatic heterocycles. The maximum Gasteiger partial charge on any atom is 0.142 e. The van der Waals surface area contributed by atoms with Crippen molar-refractivity contribution in [2.45, 2.75) is 37.8 Å². The molecular formula is C12H18Cl2N2O. The van der Waals surface area contributed by atoms with Crippen molar-refractivity contribution in [1.82, 2.24) is 0 Å². The van der Waals surface area contributed by atoms with Crippen molar-refractivity contribution in [2.24, 2.45) is 5.73 Å². The number of nitrogens with two attached hydrogens (primary N) is 2. The van der Waals surface area contributed by atoms with Crippen LogP contribution in [0.4, 0.5) is 5.69 Å². The highest BCUT2D eigenvalue weighted by Gasteiger charge is 2.20. The Morgan fingerprint density at radius 3 is 2.41 bits per heavy atom. The van der Waals surface area contributed by atoms with Gasteiger partial charge in [-0.15, -0.1) is 12.4 Å². The normalized spacial score (nSPS) is 23.9. The summed E-state index contributed by atoms with van der Waals surface area (Å²) in [7, 11) is 0. The summed E-state index contributed by atoms with van der Waals surface area (Å²) < 4.78 is 5.85. The third-order valence-electron chi connectivity index (χ3n) is 2.98. The highest BCUT2D eigenvalue weighted by atomic mass is 35.5. The van der Waals surface area contributed by atoms with Gasteiger partial charge in [0.15, 0.2) is 0 Å². The van der Waals surface area contributed by atoms with Gasteiger partial charge in [-0.2, -0.15) is 0 Å². The summed E-state index contributed by atoms with van der Waals surface area (Å²) in [5, 5.41) is 0.635. The number of halogens is 2. The maximum atomic E-state index is 5.85. The molecule has 0 bridgehead atoms. The topological polar surface area (TPSA) is 61.3 Å². The van der Waals surface area contributed by atoms with Crippen LogP contribution in [0.2, 0.25) is 5.02 Å². The fraction of sp³-hybridized carbons (Fsp3) is 0.500. The molecule has 4 N–H and O–H groups in total. The molecule has 0 heterocycles. The van der Waals surface area contributed by atoms with E-state index in [1.165, 1.54) is 0 Å². The van der Waals surface area contributed by atoms with Crippen LogP contribution in [0, 0.1) is 0 Å². The molecule has 1 aromatic rings. The lowest BCUT2D eigenvalue weighted by atomic mass is 9.94. The number of hydrogen-bond acceptors (Lipinski definition) is 3. The number of benzene rings is 1. The van der Waals surface area contributed by atoms with Gasteiger partial charge in [0.05, 0.1) is 11.8 Å². The van der Waals surface area contributed by atoms with Crippen LogP contribution in [0.5, 0.6) is 5.75 Å². The summed E-state index contributed by atoms with van der Waals surface area (Å²) in [5.41, 5.74) is 12.3. The van der Waals surface area contributed by atoms with E-state index in [2.05, 4.69) is 0 Å². The Bertz CT molecular complexity index is 366. The molecule has 3 nitrogen and oxygen atoms in total. The summed E-state index contributed by atoms with van der Waals surface area (Å²) in [6.45, 7) is 0. The molecule has 17 heavy (non-hydrogen) atoms. The van der Waals surface area contributed by atoms with Crippen LogP contribution in [-0.2, 0) is 0 Å². The predicted molar refractivity (Wildman–Crippen MR) is 74.0 cm³/mol. The molecule has 1 aliphatic rings. The minimum absolute atomic E-state index is 0. The van der Waals surface area contributed by atoms with Crippen LogP contribution >= 0.6 is 24.0 Å². The van der Waals surface area contributed by atoms with Gasteiger partial charge in [-0.05, 0) is 43.9 Å². The number of anilines is 1. The average Bonchev–Trinajstić information content (AvgIpc) is 2.25. The molecule has 1 aromatic carbocycles. The quantitative estimate of drug-likeness (QED) is 0.817. The minimum Gasteiger partial charge on any atom is -0.488 e. The Balaban J connectivity index is 0.00000144. The van der Waals surface area contributed by atoms with Crippen molar-refractivity contribution >= 4 is 29.7 Å². The lowest BCUT2D eigenvalue weighted by molar-refractivity contribution is 0.148. The molecule has 5 heteroatoms. The van der Waals surface area contributed by atoms with Crippen LogP contribution < -0.4 is 16.2 Å². The second-order valence-corrected chi connectivity index (χ2v) is 4.77. The average molecular weight is 277 g/mol. The lowest BCUT2D eigenvalue weighted by Gasteiger charge is -2.27. The van der Waals surface area contributed by atoms with E-state index in [0.717, 1.165) is 31.4 Å². The van der Waals surface area contributed by atoms with Crippen LogP contribution in [-0.4, -0.2) is 12.1 Å². The van der Waals surface area contributed by atoms with Crippen molar-refractivity contribution in [1.29, 1.82) is 0 Å². The van der Waals surface area contributed by atoms with Crippen LogP contribution in [0.25, 0.3) is 0 Å². The summed E-state index contributed by atoms with van der Waals surface area (Å²) in [4.78, 5) is 0. The zero-order valence-electron chi connectivity index (χ0n) is 9.56. The van der Waals surface area contributed by atoms with E-state index in [9.17, 15) is 0 Å². The van der Waals surface area contributed by atoms with Crippen molar-refractivity contribution in [2.75, 3.05) is 5.73 Å². The molecule has 0 unspecified atom stereocenters. The van der Waals surface area contributed by atoms with Crippen LogP contribution in [0.15, 0.2) is 18.2 Å². The Kier molecular flexibility index (Phi) is 5.37. The highest BCUT2D eigenvalue weighted by Crippen LogP contribution is 2.29. The fourth-order valence-electron chi connectivity index (χ4n) is 2.01. The largest absolute Gasteiger partial charge is 0.488 e. The first-order valence-corrected chi connectivity index (χ1v) is 6.00. The monoisotopic (exact) mass is 276 g/mol. The van der Waals surface area contributed by atoms with E-state index in [1.807, 2.05) is 6.07 Å². The fourth-order valence-corrected chi connectivity index (χ4v) is 2.19. The molecular weight excluding hydrogens is 259 g/mol. The van der Waals surface area contributed by atoms with Crippen LogP contribution in [0.1, 0.15) is 25.7 Å². The van der Waals surface area contributed by atoms with Crippen molar-refractivity contribution < 1.29 is 4.74 Å². The molecule has 0 spiro atoms. The van der Waals surface area contributed by atoms with Gasteiger partial charge in [-0.3, -0.25) is 0 Å². The summed E-state index contributed by atoms with van der Waals surface area (Å²) in [6, 6.07) is 5.67. The van der Waals surface area contributed by atoms with Gasteiger partial charge >= 0.3 is 0 Å². The Morgan fingerprint density at radius 2 is 1.82 bits per heavy atom. The smallest absolute Gasteiger partial charge is 0.142 e. The van der Waals surface area contributed by atoms with Crippen molar-refractivity contribution in [3.8, 4) is 5.75 Å². The van der Waals surface area contributed by atoms with E-state index >= 15 is 0 Å². The minimum atomic E-state index is 0. The summed E-state index contributed by atoms with van der Waals surface area (Å²) >= 11 is 5.83. The molecule has 96 valence electrons. The molecule has 0 radical (unpaired) electrons. The third kappa shape index (κ3) is 3.95. The summed E-state index contributed by atoms with van der Waals surface area (Å²) in [5.74, 6) is 0.727. The zero-order valence-corrected chi connectivity index (χ0v) is 11.1. The molecule has 1 fully saturated rings. The Morgan fingerprint density at radius 1 is 1.18 bits per heavy atom. The zero-order chi connectivity index (χ0) is 11.5. The number of ether oxygens (including phenoxy) is 1. The van der Waals surface area contributed by atoms with E-state index in [0.29, 0.717) is 16.8 Å². The molecule has 1 aliphatic carbocycles. The van der Waals surface area contributed by atoms with Crippen LogP contribution in [0.3, 0.4) is 0 Å². The first kappa shape index (κ1) is 14.4. The molecule has 0 amide bonds. The van der Waals surface area contributed by atoms with Gasteiger partial charge in [-0.25, -0.2) is 0 Å². The number of hydrogen-bond donors (Lipinski definition) is 2. The highest BCUT2D eigenvalue weighted by molar-refractivity contribution is 6.30. The first-order chi connectivity index (χ1) is 7.65. The van der Waals surface area contributed by atoms with E-state index in [1.54, 1.807) is 12.1 Å². The molecule has 0 aromatic heterocycles. The Labute approximate surface area is 113 Å². The lowest BCUT2D eigenvalue weighted by Crippen LogP contribution is -2.31.